The van der Waals surface area contributed by atoms with Crippen molar-refractivity contribution in [3.63, 3.8) is 0 Å². The Morgan fingerprint density at radius 3 is 2.11 bits per heavy atom. The van der Waals surface area contributed by atoms with E-state index in [1.54, 1.807) is 6.07 Å². The number of nitrogens with zero attached hydrogens (tertiary/aromatic N) is 3. The Labute approximate surface area is 159 Å². The quantitative estimate of drug-likeness (QED) is 0.594. The summed E-state index contributed by atoms with van der Waals surface area (Å²) in [6, 6.07) is 9.48. The Morgan fingerprint density at radius 1 is 0.963 bits per heavy atom. The van der Waals surface area contributed by atoms with E-state index in [1.165, 1.54) is 40.1 Å². The van der Waals surface area contributed by atoms with Crippen molar-refractivity contribution in [2.75, 3.05) is 26.2 Å². The molecule has 1 saturated heterocycles. The normalized spacial score (nSPS) is 14.1. The van der Waals surface area contributed by atoms with Crippen molar-refractivity contribution >= 4 is 29.1 Å². The number of nitro benzene ring substituents is 1. The van der Waals surface area contributed by atoms with Gasteiger partial charge in [-0.15, -0.1) is 0 Å². The summed E-state index contributed by atoms with van der Waals surface area (Å²) in [5, 5.41) is 11.4. The van der Waals surface area contributed by atoms with Gasteiger partial charge in [-0.05, 0) is 24.3 Å². The highest BCUT2D eigenvalue weighted by Crippen LogP contribution is 2.21. The molecule has 2 amide bonds. The predicted molar refractivity (Wildman–Crippen MR) is 96.3 cm³/mol. The van der Waals surface area contributed by atoms with Crippen LogP contribution in [0.1, 0.15) is 20.7 Å². The standard InChI is InChI=1S/C18H15ClFN3O4/c19-12-5-6-15(20)14(11-12)18(25)22-9-7-21(8-10-22)17(24)13-3-1-2-4-16(13)23(26)27/h1-6,11H,7-10H2. The van der Waals surface area contributed by atoms with Crippen LogP contribution in [0.2, 0.25) is 5.02 Å². The molecule has 1 aliphatic heterocycles. The lowest BCUT2D eigenvalue weighted by Gasteiger charge is -2.34. The van der Waals surface area contributed by atoms with Crippen molar-refractivity contribution < 1.29 is 18.9 Å². The van der Waals surface area contributed by atoms with Crippen LogP contribution < -0.4 is 0 Å². The van der Waals surface area contributed by atoms with E-state index in [4.69, 9.17) is 11.6 Å². The number of piperazine rings is 1. The Hall–Kier alpha value is -3.00. The van der Waals surface area contributed by atoms with Gasteiger partial charge in [-0.1, -0.05) is 23.7 Å². The van der Waals surface area contributed by atoms with Crippen molar-refractivity contribution in [3.05, 3.63) is 74.5 Å². The third kappa shape index (κ3) is 3.90. The van der Waals surface area contributed by atoms with E-state index in [0.717, 1.165) is 6.07 Å². The second-order valence-corrected chi connectivity index (χ2v) is 6.42. The molecular weight excluding hydrogens is 377 g/mol. The second-order valence-electron chi connectivity index (χ2n) is 5.98. The number of amides is 2. The summed E-state index contributed by atoms with van der Waals surface area (Å²) in [6.45, 7) is 0.770. The zero-order valence-electron chi connectivity index (χ0n) is 14.1. The molecule has 2 aromatic rings. The average molecular weight is 392 g/mol. The van der Waals surface area contributed by atoms with E-state index in [0.29, 0.717) is 0 Å². The molecule has 0 N–H and O–H groups in total. The zero-order chi connectivity index (χ0) is 19.6. The minimum Gasteiger partial charge on any atom is -0.335 e. The number of benzene rings is 2. The lowest BCUT2D eigenvalue weighted by atomic mass is 10.1. The second kappa shape index (κ2) is 7.71. The van der Waals surface area contributed by atoms with E-state index in [9.17, 15) is 24.1 Å². The van der Waals surface area contributed by atoms with E-state index in [-0.39, 0.29) is 48.0 Å². The lowest BCUT2D eigenvalue weighted by molar-refractivity contribution is -0.385. The Kier molecular flexibility index (Phi) is 5.36. The molecule has 1 fully saturated rings. The molecule has 0 atom stereocenters. The topological polar surface area (TPSA) is 83.8 Å². The largest absolute Gasteiger partial charge is 0.335 e. The molecule has 0 unspecified atom stereocenters. The van der Waals surface area contributed by atoms with Crippen molar-refractivity contribution in [2.24, 2.45) is 0 Å². The molecule has 9 heteroatoms. The molecule has 3 rings (SSSR count). The summed E-state index contributed by atoms with van der Waals surface area (Å²) in [4.78, 5) is 38.5. The number of hydrogen-bond acceptors (Lipinski definition) is 4. The van der Waals surface area contributed by atoms with Crippen molar-refractivity contribution in [1.82, 2.24) is 9.80 Å². The zero-order valence-corrected chi connectivity index (χ0v) is 14.9. The summed E-state index contributed by atoms with van der Waals surface area (Å²) in [6.07, 6.45) is 0. The molecule has 0 bridgehead atoms. The summed E-state index contributed by atoms with van der Waals surface area (Å²) >= 11 is 5.83. The lowest BCUT2D eigenvalue weighted by Crippen LogP contribution is -2.50. The molecule has 0 aliphatic carbocycles. The Balaban J connectivity index is 1.70. The van der Waals surface area contributed by atoms with Crippen LogP contribution >= 0.6 is 11.6 Å². The Morgan fingerprint density at radius 2 is 1.52 bits per heavy atom. The van der Waals surface area contributed by atoms with Crippen LogP contribution in [0.5, 0.6) is 0 Å². The van der Waals surface area contributed by atoms with Gasteiger partial charge in [0.15, 0.2) is 0 Å². The molecule has 0 radical (unpaired) electrons. The van der Waals surface area contributed by atoms with Gasteiger partial charge in [-0.25, -0.2) is 4.39 Å². The predicted octanol–water partition coefficient (Wildman–Crippen LogP) is 2.99. The minimum atomic E-state index is -0.664. The van der Waals surface area contributed by atoms with Crippen LogP contribution in [0.4, 0.5) is 10.1 Å². The van der Waals surface area contributed by atoms with Gasteiger partial charge in [0, 0.05) is 37.3 Å². The first-order valence-corrected chi connectivity index (χ1v) is 8.53. The average Bonchev–Trinajstić information content (AvgIpc) is 2.69. The Bertz CT molecular complexity index is 913. The smallest absolute Gasteiger partial charge is 0.282 e. The fourth-order valence-electron chi connectivity index (χ4n) is 2.93. The minimum absolute atomic E-state index is 0.00293. The number of para-hydroxylation sites is 1. The number of hydrogen-bond donors (Lipinski definition) is 0. The molecular formula is C18H15ClFN3O4. The van der Waals surface area contributed by atoms with E-state index in [2.05, 4.69) is 0 Å². The fraction of sp³-hybridized carbons (Fsp3) is 0.222. The number of carbonyl (C=O) groups is 2. The third-order valence-corrected chi connectivity index (χ3v) is 4.58. The summed E-state index contributed by atoms with van der Waals surface area (Å²) in [7, 11) is 0. The van der Waals surface area contributed by atoms with Crippen molar-refractivity contribution in [3.8, 4) is 0 Å². The fourth-order valence-corrected chi connectivity index (χ4v) is 3.10. The molecule has 140 valence electrons. The van der Waals surface area contributed by atoms with Gasteiger partial charge in [0.2, 0.25) is 0 Å². The number of halogens is 2. The van der Waals surface area contributed by atoms with E-state index < -0.39 is 22.6 Å². The highest BCUT2D eigenvalue weighted by Gasteiger charge is 2.29. The number of nitro groups is 1. The van der Waals surface area contributed by atoms with Crippen LogP contribution in [0.15, 0.2) is 42.5 Å². The van der Waals surface area contributed by atoms with Gasteiger partial charge >= 0.3 is 0 Å². The highest BCUT2D eigenvalue weighted by molar-refractivity contribution is 6.31. The summed E-state index contributed by atoms with van der Waals surface area (Å²) < 4.78 is 13.9. The highest BCUT2D eigenvalue weighted by atomic mass is 35.5. The van der Waals surface area contributed by atoms with Crippen LogP contribution in [0.25, 0.3) is 0 Å². The van der Waals surface area contributed by atoms with Gasteiger partial charge in [0.25, 0.3) is 17.5 Å². The van der Waals surface area contributed by atoms with Crippen LogP contribution in [-0.4, -0.2) is 52.7 Å². The maximum Gasteiger partial charge on any atom is 0.282 e. The maximum atomic E-state index is 13.9. The SMILES string of the molecule is O=C(c1cc(Cl)ccc1F)N1CCN(C(=O)c2ccccc2[N+](=O)[O-])CC1. The first kappa shape index (κ1) is 18.8. The molecule has 1 heterocycles. The number of rotatable bonds is 3. The molecule has 27 heavy (non-hydrogen) atoms. The van der Waals surface area contributed by atoms with Gasteiger partial charge in [0.05, 0.1) is 10.5 Å². The van der Waals surface area contributed by atoms with E-state index >= 15 is 0 Å². The van der Waals surface area contributed by atoms with Gasteiger partial charge in [0.1, 0.15) is 11.4 Å². The van der Waals surface area contributed by atoms with Crippen molar-refractivity contribution in [2.45, 2.75) is 0 Å². The maximum absolute atomic E-state index is 13.9. The first-order chi connectivity index (χ1) is 12.9. The molecule has 0 spiro atoms. The van der Waals surface area contributed by atoms with Gasteiger partial charge < -0.3 is 9.80 Å². The molecule has 0 aromatic heterocycles. The summed E-state index contributed by atoms with van der Waals surface area (Å²) in [5.41, 5.74) is -0.383. The molecule has 0 saturated carbocycles. The van der Waals surface area contributed by atoms with Gasteiger partial charge in [-0.3, -0.25) is 19.7 Å². The van der Waals surface area contributed by atoms with Crippen LogP contribution in [0, 0.1) is 15.9 Å². The van der Waals surface area contributed by atoms with Crippen LogP contribution in [0.3, 0.4) is 0 Å². The van der Waals surface area contributed by atoms with Gasteiger partial charge in [-0.2, -0.15) is 0 Å². The third-order valence-electron chi connectivity index (χ3n) is 4.34. The first-order valence-electron chi connectivity index (χ1n) is 8.15. The van der Waals surface area contributed by atoms with Crippen LogP contribution in [-0.2, 0) is 0 Å². The monoisotopic (exact) mass is 391 g/mol. The molecule has 7 nitrogen and oxygen atoms in total. The summed E-state index contributed by atoms with van der Waals surface area (Å²) in [5.74, 6) is -1.64. The van der Waals surface area contributed by atoms with Crippen molar-refractivity contribution in [1.29, 1.82) is 0 Å². The number of carbonyl (C=O) groups excluding carboxylic acids is 2. The molecule has 1 aliphatic rings. The molecule has 2 aromatic carbocycles. The van der Waals surface area contributed by atoms with E-state index in [1.807, 2.05) is 0 Å².